The van der Waals surface area contributed by atoms with E-state index in [0.717, 1.165) is 20.9 Å². The van der Waals surface area contributed by atoms with Crippen molar-refractivity contribution in [3.63, 3.8) is 0 Å². The molecule has 0 saturated carbocycles. The molecule has 2 aromatic rings. The van der Waals surface area contributed by atoms with E-state index in [9.17, 15) is 4.79 Å². The van der Waals surface area contributed by atoms with Crippen molar-refractivity contribution in [2.75, 3.05) is 11.1 Å². The summed E-state index contributed by atoms with van der Waals surface area (Å²) < 4.78 is 2.78. The Morgan fingerprint density at radius 1 is 1.53 bits per heavy atom. The van der Waals surface area contributed by atoms with Crippen LogP contribution in [0, 0.1) is 6.92 Å². The molecule has 0 aliphatic rings. The first-order valence-electron chi connectivity index (χ1n) is 5.72. The lowest BCUT2D eigenvalue weighted by atomic mass is 10.2. The number of amides is 1. The summed E-state index contributed by atoms with van der Waals surface area (Å²) in [5, 5.41) is 3.71. The fraction of sp³-hybridized carbons (Fsp3) is 0.231. The third-order valence-corrected chi connectivity index (χ3v) is 4.22. The summed E-state index contributed by atoms with van der Waals surface area (Å²) >= 11 is 4.85. The van der Waals surface area contributed by atoms with Crippen LogP contribution in [-0.4, -0.2) is 21.2 Å². The van der Waals surface area contributed by atoms with Crippen LogP contribution in [0.3, 0.4) is 0 Å². The molecule has 6 heteroatoms. The van der Waals surface area contributed by atoms with Crippen LogP contribution in [0.4, 0.5) is 5.69 Å². The largest absolute Gasteiger partial charge is 0.329 e. The van der Waals surface area contributed by atoms with Crippen molar-refractivity contribution < 1.29 is 4.79 Å². The van der Waals surface area contributed by atoms with E-state index < -0.39 is 0 Å². The number of anilines is 1. The molecule has 0 spiro atoms. The second-order valence-electron chi connectivity index (χ2n) is 4.14. The van der Waals surface area contributed by atoms with Crippen molar-refractivity contribution in [1.29, 1.82) is 0 Å². The van der Waals surface area contributed by atoms with Crippen LogP contribution in [0.15, 0.2) is 40.2 Å². The first-order chi connectivity index (χ1) is 9.06. The van der Waals surface area contributed by atoms with Gasteiger partial charge in [0.25, 0.3) is 0 Å². The van der Waals surface area contributed by atoms with Crippen LogP contribution < -0.4 is 5.32 Å². The van der Waals surface area contributed by atoms with E-state index >= 15 is 0 Å². The zero-order valence-corrected chi connectivity index (χ0v) is 13.1. The molecule has 0 aliphatic heterocycles. The average molecular weight is 340 g/mol. The fourth-order valence-electron chi connectivity index (χ4n) is 1.53. The van der Waals surface area contributed by atoms with Crippen LogP contribution in [0.2, 0.25) is 0 Å². The molecule has 100 valence electrons. The van der Waals surface area contributed by atoms with Crippen LogP contribution in [-0.2, 0) is 11.8 Å². The number of benzene rings is 1. The molecule has 19 heavy (non-hydrogen) atoms. The summed E-state index contributed by atoms with van der Waals surface area (Å²) in [5.74, 6) is 0.295. The third-order valence-electron chi connectivity index (χ3n) is 2.51. The minimum absolute atomic E-state index is 0.0439. The van der Waals surface area contributed by atoms with Gasteiger partial charge in [0.1, 0.15) is 0 Å². The topological polar surface area (TPSA) is 46.9 Å². The highest BCUT2D eigenvalue weighted by atomic mass is 79.9. The summed E-state index contributed by atoms with van der Waals surface area (Å²) in [7, 11) is 1.91. The van der Waals surface area contributed by atoms with Gasteiger partial charge < -0.3 is 9.88 Å². The van der Waals surface area contributed by atoms with Crippen molar-refractivity contribution in [2.24, 2.45) is 7.05 Å². The summed E-state index contributed by atoms with van der Waals surface area (Å²) in [6, 6.07) is 5.83. The Morgan fingerprint density at radius 3 is 2.95 bits per heavy atom. The van der Waals surface area contributed by atoms with Crippen molar-refractivity contribution in [1.82, 2.24) is 9.55 Å². The fourth-order valence-corrected chi connectivity index (χ4v) is 2.85. The highest BCUT2D eigenvalue weighted by molar-refractivity contribution is 9.10. The number of nitrogens with zero attached hydrogens (tertiary/aromatic N) is 2. The quantitative estimate of drug-likeness (QED) is 0.870. The number of carbonyl (C=O) groups excluding carboxylic acids is 1. The lowest BCUT2D eigenvalue weighted by Gasteiger charge is -2.08. The Bertz CT molecular complexity index is 597. The van der Waals surface area contributed by atoms with Gasteiger partial charge in [0.2, 0.25) is 5.91 Å². The van der Waals surface area contributed by atoms with Crippen LogP contribution in [0.25, 0.3) is 0 Å². The summed E-state index contributed by atoms with van der Waals surface area (Å²) in [6.45, 7) is 2.01. The molecule has 0 fully saturated rings. The van der Waals surface area contributed by atoms with Gasteiger partial charge in [0.05, 0.1) is 11.4 Å². The van der Waals surface area contributed by atoms with Crippen LogP contribution in [0.1, 0.15) is 5.56 Å². The summed E-state index contributed by atoms with van der Waals surface area (Å²) in [4.78, 5) is 16.0. The Balaban J connectivity index is 1.93. The number of nitrogens with one attached hydrogen (secondary N) is 1. The second kappa shape index (κ2) is 6.25. The molecule has 0 unspecified atom stereocenters. The van der Waals surface area contributed by atoms with E-state index in [1.807, 2.05) is 42.9 Å². The normalized spacial score (nSPS) is 10.5. The number of rotatable bonds is 4. The van der Waals surface area contributed by atoms with Crippen LogP contribution >= 0.6 is 27.7 Å². The zero-order valence-electron chi connectivity index (χ0n) is 10.7. The predicted octanol–water partition coefficient (Wildman–Crippen LogP) is 3.22. The van der Waals surface area contributed by atoms with Gasteiger partial charge in [0.15, 0.2) is 5.16 Å². The Labute approximate surface area is 124 Å². The SMILES string of the molecule is Cc1ccc(NC(=O)CSc2nccn2C)c(Br)c1. The van der Waals surface area contributed by atoms with Gasteiger partial charge in [-0.25, -0.2) is 4.98 Å². The number of aromatic nitrogens is 2. The molecule has 0 bridgehead atoms. The van der Waals surface area contributed by atoms with Gasteiger partial charge in [-0.05, 0) is 40.5 Å². The van der Waals surface area contributed by atoms with E-state index in [1.165, 1.54) is 11.8 Å². The number of carbonyl (C=O) groups is 1. The molecule has 0 aliphatic carbocycles. The Hall–Kier alpha value is -1.27. The number of imidazole rings is 1. The van der Waals surface area contributed by atoms with E-state index in [1.54, 1.807) is 6.20 Å². The molecule has 1 heterocycles. The minimum Gasteiger partial charge on any atom is -0.329 e. The maximum absolute atomic E-state index is 11.9. The molecule has 1 aromatic carbocycles. The average Bonchev–Trinajstić information content (AvgIpc) is 2.76. The predicted molar refractivity (Wildman–Crippen MR) is 81.4 cm³/mol. The van der Waals surface area contributed by atoms with Gasteiger partial charge >= 0.3 is 0 Å². The van der Waals surface area contributed by atoms with Crippen molar-refractivity contribution in [3.05, 3.63) is 40.6 Å². The van der Waals surface area contributed by atoms with Gasteiger partial charge in [0, 0.05) is 23.9 Å². The Kier molecular flexibility index (Phi) is 4.66. The van der Waals surface area contributed by atoms with Crippen molar-refractivity contribution >= 4 is 39.3 Å². The molecule has 4 nitrogen and oxygen atoms in total. The highest BCUT2D eigenvalue weighted by Gasteiger charge is 2.08. The van der Waals surface area contributed by atoms with E-state index in [4.69, 9.17) is 0 Å². The van der Waals surface area contributed by atoms with E-state index in [2.05, 4.69) is 26.2 Å². The zero-order chi connectivity index (χ0) is 13.8. The maximum Gasteiger partial charge on any atom is 0.234 e. The molecule has 0 saturated heterocycles. The smallest absolute Gasteiger partial charge is 0.234 e. The molecular formula is C13H14BrN3OS. The molecule has 0 atom stereocenters. The summed E-state index contributed by atoms with van der Waals surface area (Å²) in [5.41, 5.74) is 1.93. The first kappa shape index (κ1) is 14.1. The first-order valence-corrected chi connectivity index (χ1v) is 7.50. The van der Waals surface area contributed by atoms with Gasteiger partial charge in [-0.2, -0.15) is 0 Å². The number of hydrogen-bond acceptors (Lipinski definition) is 3. The maximum atomic E-state index is 11.9. The molecule has 2 rings (SSSR count). The molecule has 0 radical (unpaired) electrons. The molecule has 1 aromatic heterocycles. The van der Waals surface area contributed by atoms with E-state index in [-0.39, 0.29) is 5.91 Å². The van der Waals surface area contributed by atoms with Gasteiger partial charge in [-0.1, -0.05) is 17.8 Å². The molecule has 1 amide bonds. The Morgan fingerprint density at radius 2 is 2.32 bits per heavy atom. The lowest BCUT2D eigenvalue weighted by Crippen LogP contribution is -2.14. The van der Waals surface area contributed by atoms with Gasteiger partial charge in [-0.3, -0.25) is 4.79 Å². The number of halogens is 1. The third kappa shape index (κ3) is 3.84. The number of hydrogen-bond donors (Lipinski definition) is 1. The highest BCUT2D eigenvalue weighted by Crippen LogP contribution is 2.24. The van der Waals surface area contributed by atoms with Crippen LogP contribution in [0.5, 0.6) is 0 Å². The lowest BCUT2D eigenvalue weighted by molar-refractivity contribution is -0.113. The monoisotopic (exact) mass is 339 g/mol. The van der Waals surface area contributed by atoms with Crippen molar-refractivity contribution in [2.45, 2.75) is 12.1 Å². The van der Waals surface area contributed by atoms with Gasteiger partial charge in [-0.15, -0.1) is 0 Å². The van der Waals surface area contributed by atoms with Crippen molar-refractivity contribution in [3.8, 4) is 0 Å². The van der Waals surface area contributed by atoms with E-state index in [0.29, 0.717) is 5.75 Å². The standard InChI is InChI=1S/C13H14BrN3OS/c1-9-3-4-11(10(14)7-9)16-12(18)8-19-13-15-5-6-17(13)2/h3-7H,8H2,1-2H3,(H,16,18). The molecule has 1 N–H and O–H groups in total. The molecular weight excluding hydrogens is 326 g/mol. The number of aryl methyl sites for hydroxylation is 2. The summed E-state index contributed by atoms with van der Waals surface area (Å²) in [6.07, 6.45) is 3.58. The second-order valence-corrected chi connectivity index (χ2v) is 5.94. The minimum atomic E-state index is -0.0439. The number of thioether (sulfide) groups is 1.